The Kier molecular flexibility index (Phi) is 7.90. The minimum Gasteiger partial charge on any atom is -0.379 e. The van der Waals surface area contributed by atoms with Crippen LogP contribution < -0.4 is 17.0 Å². The molecule has 0 unspecified atom stereocenters. The second-order valence-electron chi connectivity index (χ2n) is 10.2. The molecule has 224 valence electrons. The second-order valence-corrected chi connectivity index (χ2v) is 11.3. The highest BCUT2D eigenvalue weighted by molar-refractivity contribution is 7.18. The number of halogens is 3. The number of ether oxygens (including phenoxy) is 1. The van der Waals surface area contributed by atoms with E-state index in [9.17, 15) is 27.6 Å². The summed E-state index contributed by atoms with van der Waals surface area (Å²) in [5, 5.41) is 3.88. The van der Waals surface area contributed by atoms with Gasteiger partial charge in [0.25, 0.3) is 5.56 Å². The second kappa shape index (κ2) is 11.8. The van der Waals surface area contributed by atoms with E-state index in [0.717, 1.165) is 27.0 Å². The van der Waals surface area contributed by atoms with E-state index < -0.39 is 29.6 Å². The number of thiophene rings is 1. The number of nitrogens with one attached hydrogen (secondary N) is 1. The van der Waals surface area contributed by atoms with Gasteiger partial charge in [-0.2, -0.15) is 13.2 Å². The highest BCUT2D eigenvalue weighted by Crippen LogP contribution is 2.31. The first-order valence-corrected chi connectivity index (χ1v) is 14.4. The van der Waals surface area contributed by atoms with E-state index in [-0.39, 0.29) is 34.0 Å². The molecule has 43 heavy (non-hydrogen) atoms. The summed E-state index contributed by atoms with van der Waals surface area (Å²) in [5.41, 5.74) is 1.79. The van der Waals surface area contributed by atoms with Gasteiger partial charge in [0.05, 0.1) is 31.6 Å². The van der Waals surface area contributed by atoms with Crippen LogP contribution in [0.1, 0.15) is 10.4 Å². The van der Waals surface area contributed by atoms with Crippen molar-refractivity contribution >= 4 is 21.6 Å². The standard InChI is InChI=1S/C29H26F3N5O5S/c30-29(31,32)16-20-15-23-25(38)36(10-9-35-11-13-41-14-12-35)28(40)37(26(23)43-20)17-18-5-7-19(8-6-18)21-3-1-2-4-22(21)24-33-27(39)42-34-24/h1-8,15H,9-14,16-17H2,(H,33,34,39). The molecule has 0 radical (unpaired) electrons. The number of hydrogen-bond acceptors (Lipinski definition) is 8. The number of nitrogens with zero attached hydrogens (tertiary/aromatic N) is 4. The van der Waals surface area contributed by atoms with E-state index in [1.54, 1.807) is 12.1 Å². The molecule has 0 aliphatic carbocycles. The maximum absolute atomic E-state index is 13.7. The molecule has 10 nitrogen and oxygen atoms in total. The number of rotatable bonds is 8. The summed E-state index contributed by atoms with van der Waals surface area (Å²) in [7, 11) is 0. The van der Waals surface area contributed by atoms with Gasteiger partial charge >= 0.3 is 17.6 Å². The number of aromatic nitrogens is 4. The minimum absolute atomic E-state index is 0.0310. The van der Waals surface area contributed by atoms with Crippen LogP contribution in [-0.2, 0) is 24.2 Å². The number of aromatic amines is 1. The lowest BCUT2D eigenvalue weighted by molar-refractivity contribution is -0.126. The van der Waals surface area contributed by atoms with E-state index in [0.29, 0.717) is 44.0 Å². The van der Waals surface area contributed by atoms with Crippen molar-refractivity contribution in [3.8, 4) is 22.5 Å². The Morgan fingerprint density at radius 2 is 1.65 bits per heavy atom. The fourth-order valence-electron chi connectivity index (χ4n) is 5.20. The molecule has 2 aromatic carbocycles. The summed E-state index contributed by atoms with van der Waals surface area (Å²) < 4.78 is 52.2. The highest BCUT2D eigenvalue weighted by atomic mass is 32.1. The molecule has 6 rings (SSSR count). The molecule has 0 spiro atoms. The predicted octanol–water partition coefficient (Wildman–Crippen LogP) is 3.72. The third-order valence-electron chi connectivity index (χ3n) is 7.29. The summed E-state index contributed by atoms with van der Waals surface area (Å²) in [6, 6.07) is 15.9. The molecule has 1 fully saturated rings. The summed E-state index contributed by atoms with van der Waals surface area (Å²) in [5.74, 6) is -0.388. The van der Waals surface area contributed by atoms with Crippen LogP contribution in [0, 0.1) is 0 Å². The lowest BCUT2D eigenvalue weighted by atomic mass is 9.98. The van der Waals surface area contributed by atoms with E-state index in [1.807, 2.05) is 36.4 Å². The van der Waals surface area contributed by atoms with Crippen LogP contribution in [0.15, 0.2) is 73.5 Å². The molecule has 5 aromatic rings. The summed E-state index contributed by atoms with van der Waals surface area (Å²) in [6.45, 7) is 3.05. The third-order valence-corrected chi connectivity index (χ3v) is 8.45. The van der Waals surface area contributed by atoms with Gasteiger partial charge in [0.15, 0.2) is 5.82 Å². The van der Waals surface area contributed by atoms with Crippen molar-refractivity contribution in [2.24, 2.45) is 0 Å². The van der Waals surface area contributed by atoms with Gasteiger partial charge in [-0.25, -0.2) is 9.59 Å². The molecular formula is C29H26F3N5O5S. The van der Waals surface area contributed by atoms with Crippen LogP contribution in [0.4, 0.5) is 13.2 Å². The third kappa shape index (κ3) is 6.26. The molecular weight excluding hydrogens is 587 g/mol. The summed E-state index contributed by atoms with van der Waals surface area (Å²) >= 11 is 0.813. The first kappa shape index (κ1) is 28.8. The molecule has 1 N–H and O–H groups in total. The van der Waals surface area contributed by atoms with E-state index in [1.165, 1.54) is 10.6 Å². The topological polar surface area (TPSA) is 115 Å². The predicted molar refractivity (Wildman–Crippen MR) is 154 cm³/mol. The average Bonchev–Trinajstić information content (AvgIpc) is 3.61. The van der Waals surface area contributed by atoms with Gasteiger partial charge in [-0.05, 0) is 22.8 Å². The fourth-order valence-corrected chi connectivity index (χ4v) is 6.37. The number of morpholine rings is 1. The molecule has 1 aliphatic rings. The zero-order valence-corrected chi connectivity index (χ0v) is 23.5. The van der Waals surface area contributed by atoms with Gasteiger partial charge in [-0.3, -0.25) is 28.3 Å². The normalized spacial score (nSPS) is 14.5. The lowest BCUT2D eigenvalue weighted by Crippen LogP contribution is -2.44. The molecule has 14 heteroatoms. The monoisotopic (exact) mass is 613 g/mol. The highest BCUT2D eigenvalue weighted by Gasteiger charge is 2.30. The molecule has 0 amide bonds. The Morgan fingerprint density at radius 3 is 2.33 bits per heavy atom. The van der Waals surface area contributed by atoms with Crippen molar-refractivity contribution in [3.05, 3.63) is 96.4 Å². The van der Waals surface area contributed by atoms with Gasteiger partial charge in [0, 0.05) is 36.6 Å². The van der Waals surface area contributed by atoms with E-state index in [4.69, 9.17) is 4.74 Å². The molecule has 4 heterocycles. The van der Waals surface area contributed by atoms with Crippen molar-refractivity contribution in [2.45, 2.75) is 25.7 Å². The van der Waals surface area contributed by atoms with Crippen LogP contribution in [0.25, 0.3) is 32.7 Å². The zero-order valence-electron chi connectivity index (χ0n) is 22.7. The quantitative estimate of drug-likeness (QED) is 0.284. The smallest absolute Gasteiger partial charge is 0.379 e. The average molecular weight is 614 g/mol. The van der Waals surface area contributed by atoms with Gasteiger partial charge in [0.2, 0.25) is 0 Å². The van der Waals surface area contributed by atoms with Crippen molar-refractivity contribution in [1.82, 2.24) is 24.2 Å². The Balaban J connectivity index is 1.36. The number of H-pyrrole nitrogens is 1. The Bertz CT molecular complexity index is 1930. The zero-order chi connectivity index (χ0) is 30.1. The van der Waals surface area contributed by atoms with Crippen molar-refractivity contribution in [3.63, 3.8) is 0 Å². The number of benzene rings is 2. The number of alkyl halides is 3. The van der Waals surface area contributed by atoms with E-state index >= 15 is 0 Å². The molecule has 0 bridgehead atoms. The number of fused-ring (bicyclic) bond motifs is 1. The first-order valence-electron chi connectivity index (χ1n) is 13.5. The number of hydrogen-bond donors (Lipinski definition) is 1. The molecule has 1 saturated heterocycles. The Morgan fingerprint density at radius 1 is 0.930 bits per heavy atom. The Labute approximate surface area is 245 Å². The van der Waals surface area contributed by atoms with Crippen LogP contribution >= 0.6 is 11.3 Å². The lowest BCUT2D eigenvalue weighted by Gasteiger charge is -2.26. The largest absolute Gasteiger partial charge is 0.439 e. The van der Waals surface area contributed by atoms with E-state index in [2.05, 4.69) is 19.6 Å². The van der Waals surface area contributed by atoms with Gasteiger partial charge < -0.3 is 4.74 Å². The summed E-state index contributed by atoms with van der Waals surface area (Å²) in [4.78, 5) is 43.3. The molecule has 1 aliphatic heterocycles. The van der Waals surface area contributed by atoms with Crippen LogP contribution in [-0.4, -0.2) is 63.2 Å². The van der Waals surface area contributed by atoms with Crippen molar-refractivity contribution in [1.29, 1.82) is 0 Å². The van der Waals surface area contributed by atoms with Gasteiger partial charge in [-0.15, -0.1) is 11.3 Å². The Hall–Kier alpha value is -4.27. The molecule has 0 saturated carbocycles. The SMILES string of the molecule is O=c1[nH]c(-c2ccccc2-c2ccc(Cn3c(=O)n(CCN4CCOCC4)c(=O)c4cc(CC(F)(F)F)sc43)cc2)no1. The van der Waals surface area contributed by atoms with Crippen LogP contribution in [0.5, 0.6) is 0 Å². The summed E-state index contributed by atoms with van der Waals surface area (Å²) in [6.07, 6.45) is -5.63. The molecule has 0 atom stereocenters. The van der Waals surface area contributed by atoms with Gasteiger partial charge in [-0.1, -0.05) is 53.7 Å². The van der Waals surface area contributed by atoms with Crippen molar-refractivity contribution in [2.75, 3.05) is 32.8 Å². The maximum atomic E-state index is 13.7. The molecule has 3 aromatic heterocycles. The minimum atomic E-state index is -4.45. The maximum Gasteiger partial charge on any atom is 0.439 e. The van der Waals surface area contributed by atoms with Gasteiger partial charge in [0.1, 0.15) is 4.83 Å². The first-order chi connectivity index (χ1) is 20.7. The van der Waals surface area contributed by atoms with Crippen LogP contribution in [0.2, 0.25) is 0 Å². The van der Waals surface area contributed by atoms with Crippen LogP contribution in [0.3, 0.4) is 0 Å². The fraction of sp³-hybridized carbons (Fsp3) is 0.310. The van der Waals surface area contributed by atoms with Crippen molar-refractivity contribution < 1.29 is 22.4 Å².